The number of piperidine rings is 1. The highest BCUT2D eigenvalue weighted by atomic mass is 19.1. The van der Waals surface area contributed by atoms with Crippen LogP contribution >= 0.6 is 0 Å². The van der Waals surface area contributed by atoms with E-state index in [0.29, 0.717) is 17.9 Å². The van der Waals surface area contributed by atoms with E-state index in [2.05, 4.69) is 6.07 Å². The fraction of sp³-hybridized carbons (Fsp3) is 0.280. The molecule has 30 heavy (non-hydrogen) atoms. The molecule has 1 aliphatic rings. The van der Waals surface area contributed by atoms with E-state index in [1.54, 1.807) is 25.3 Å². The molecule has 2 heterocycles. The van der Waals surface area contributed by atoms with Crippen molar-refractivity contribution in [1.82, 2.24) is 9.88 Å². The molecule has 1 fully saturated rings. The van der Waals surface area contributed by atoms with Crippen molar-refractivity contribution in [2.24, 2.45) is 0 Å². The molecule has 3 aromatic rings. The number of ether oxygens (including phenoxy) is 1. The lowest BCUT2D eigenvalue weighted by Crippen LogP contribution is -2.39. The zero-order valence-corrected chi connectivity index (χ0v) is 17.3. The molecule has 5 heteroatoms. The van der Waals surface area contributed by atoms with Crippen LogP contribution in [-0.4, -0.2) is 36.0 Å². The van der Waals surface area contributed by atoms with Gasteiger partial charge in [-0.15, -0.1) is 0 Å². The number of amides is 1. The number of aromatic nitrogens is 1. The minimum absolute atomic E-state index is 0.0185. The van der Waals surface area contributed by atoms with Gasteiger partial charge >= 0.3 is 0 Å². The van der Waals surface area contributed by atoms with Crippen molar-refractivity contribution in [3.63, 3.8) is 0 Å². The smallest absolute Gasteiger partial charge is 0.254 e. The van der Waals surface area contributed by atoms with Gasteiger partial charge in [-0.25, -0.2) is 4.39 Å². The van der Waals surface area contributed by atoms with Gasteiger partial charge in [0.05, 0.1) is 7.11 Å². The maximum Gasteiger partial charge on any atom is 0.254 e. The average Bonchev–Trinajstić information content (AvgIpc) is 2.78. The monoisotopic (exact) mass is 404 g/mol. The Balaban J connectivity index is 1.57. The van der Waals surface area contributed by atoms with Crippen molar-refractivity contribution in [2.75, 3.05) is 20.2 Å². The quantitative estimate of drug-likeness (QED) is 0.598. The Morgan fingerprint density at radius 3 is 2.67 bits per heavy atom. The summed E-state index contributed by atoms with van der Waals surface area (Å²) in [7, 11) is 1.60. The maximum absolute atomic E-state index is 13.3. The largest absolute Gasteiger partial charge is 0.497 e. The topological polar surface area (TPSA) is 42.4 Å². The number of aryl methyl sites for hydroxylation is 1. The van der Waals surface area contributed by atoms with E-state index in [1.165, 1.54) is 12.1 Å². The number of methoxy groups -OCH3 is 1. The highest BCUT2D eigenvalue weighted by Crippen LogP contribution is 2.30. The van der Waals surface area contributed by atoms with Crippen molar-refractivity contribution in [1.29, 1.82) is 0 Å². The van der Waals surface area contributed by atoms with Crippen molar-refractivity contribution in [2.45, 2.75) is 25.7 Å². The van der Waals surface area contributed by atoms with Crippen molar-refractivity contribution in [3.05, 3.63) is 83.4 Å². The third kappa shape index (κ3) is 4.35. The van der Waals surface area contributed by atoms with Gasteiger partial charge in [-0.05, 0) is 73.4 Å². The molecule has 0 bridgehead atoms. The lowest BCUT2D eigenvalue weighted by atomic mass is 9.92. The molecule has 2 aromatic carbocycles. The molecule has 1 saturated heterocycles. The number of hydrogen-bond donors (Lipinski definition) is 0. The lowest BCUT2D eigenvalue weighted by Gasteiger charge is -2.33. The van der Waals surface area contributed by atoms with Gasteiger partial charge in [-0.1, -0.05) is 18.2 Å². The molecular formula is C25H25FN2O2. The highest BCUT2D eigenvalue weighted by Gasteiger charge is 2.27. The van der Waals surface area contributed by atoms with Crippen molar-refractivity contribution < 1.29 is 13.9 Å². The van der Waals surface area contributed by atoms with E-state index in [0.717, 1.165) is 41.9 Å². The molecule has 1 aliphatic heterocycles. The number of likely N-dealkylation sites (tertiary alicyclic amines) is 1. The zero-order valence-electron chi connectivity index (χ0n) is 17.3. The van der Waals surface area contributed by atoms with Crippen LogP contribution in [-0.2, 0) is 0 Å². The second kappa shape index (κ2) is 8.66. The minimum Gasteiger partial charge on any atom is -0.497 e. The van der Waals surface area contributed by atoms with Crippen LogP contribution in [0.3, 0.4) is 0 Å². The van der Waals surface area contributed by atoms with Gasteiger partial charge in [0.1, 0.15) is 11.6 Å². The van der Waals surface area contributed by atoms with E-state index in [4.69, 9.17) is 9.72 Å². The number of benzene rings is 2. The fourth-order valence-corrected chi connectivity index (χ4v) is 4.05. The van der Waals surface area contributed by atoms with Gasteiger partial charge in [0, 0.05) is 36.0 Å². The van der Waals surface area contributed by atoms with Crippen LogP contribution in [0.4, 0.5) is 4.39 Å². The summed E-state index contributed by atoms with van der Waals surface area (Å²) in [5.74, 6) is 0.625. The van der Waals surface area contributed by atoms with Crippen LogP contribution in [0.15, 0.2) is 60.7 Å². The Morgan fingerprint density at radius 1 is 1.10 bits per heavy atom. The lowest BCUT2D eigenvalue weighted by molar-refractivity contribution is 0.0705. The van der Waals surface area contributed by atoms with E-state index < -0.39 is 0 Å². The van der Waals surface area contributed by atoms with Gasteiger partial charge in [-0.3, -0.25) is 9.78 Å². The third-order valence-electron chi connectivity index (χ3n) is 5.59. The zero-order chi connectivity index (χ0) is 21.1. The van der Waals surface area contributed by atoms with Gasteiger partial charge in [0.15, 0.2) is 0 Å². The summed E-state index contributed by atoms with van der Waals surface area (Å²) < 4.78 is 18.6. The number of rotatable bonds is 4. The van der Waals surface area contributed by atoms with Crippen LogP contribution in [0.2, 0.25) is 0 Å². The van der Waals surface area contributed by atoms with Gasteiger partial charge in [-0.2, -0.15) is 0 Å². The molecule has 0 aliphatic carbocycles. The van der Waals surface area contributed by atoms with Crippen LogP contribution in [0.5, 0.6) is 5.75 Å². The van der Waals surface area contributed by atoms with Crippen molar-refractivity contribution in [3.8, 4) is 16.9 Å². The Hall–Kier alpha value is -3.21. The highest BCUT2D eigenvalue weighted by molar-refractivity contribution is 5.94. The van der Waals surface area contributed by atoms with E-state index >= 15 is 0 Å². The summed E-state index contributed by atoms with van der Waals surface area (Å²) in [6.45, 7) is 3.34. The maximum atomic E-state index is 13.3. The summed E-state index contributed by atoms with van der Waals surface area (Å²) in [4.78, 5) is 19.7. The van der Waals surface area contributed by atoms with E-state index in [9.17, 15) is 9.18 Å². The summed E-state index contributed by atoms with van der Waals surface area (Å²) in [6.07, 6.45) is 1.92. The average molecular weight is 404 g/mol. The van der Waals surface area contributed by atoms with Crippen LogP contribution < -0.4 is 4.74 Å². The van der Waals surface area contributed by atoms with Crippen LogP contribution in [0.1, 0.15) is 40.5 Å². The number of carbonyl (C=O) groups is 1. The molecular weight excluding hydrogens is 379 g/mol. The number of pyridine rings is 1. The molecule has 1 atom stereocenters. The molecule has 0 spiro atoms. The van der Waals surface area contributed by atoms with Crippen molar-refractivity contribution >= 4 is 5.91 Å². The summed E-state index contributed by atoms with van der Waals surface area (Å²) in [6, 6.07) is 17.9. The first kappa shape index (κ1) is 20.1. The molecule has 0 radical (unpaired) electrons. The molecule has 4 rings (SSSR count). The van der Waals surface area contributed by atoms with E-state index in [-0.39, 0.29) is 17.6 Å². The Bertz CT molecular complexity index is 1050. The molecule has 1 amide bonds. The summed E-state index contributed by atoms with van der Waals surface area (Å²) in [5.41, 5.74) is 4.52. The Morgan fingerprint density at radius 2 is 1.90 bits per heavy atom. The first-order valence-electron chi connectivity index (χ1n) is 10.2. The van der Waals surface area contributed by atoms with Gasteiger partial charge < -0.3 is 9.64 Å². The van der Waals surface area contributed by atoms with E-state index in [1.807, 2.05) is 36.1 Å². The third-order valence-corrected chi connectivity index (χ3v) is 5.59. The molecule has 4 nitrogen and oxygen atoms in total. The van der Waals surface area contributed by atoms with Crippen LogP contribution in [0.25, 0.3) is 11.1 Å². The SMILES string of the molecule is COc1cccc(C(=O)N2CCCC(c3cc(-c4ccc(F)cc4)cc(C)n3)C2)c1. The molecule has 154 valence electrons. The molecule has 1 unspecified atom stereocenters. The number of nitrogens with zero attached hydrogens (tertiary/aromatic N) is 2. The molecule has 0 N–H and O–H groups in total. The Labute approximate surface area is 176 Å². The number of carbonyl (C=O) groups excluding carboxylic acids is 1. The molecule has 0 saturated carbocycles. The second-order valence-corrected chi connectivity index (χ2v) is 7.75. The van der Waals surface area contributed by atoms with Gasteiger partial charge in [0.25, 0.3) is 5.91 Å². The summed E-state index contributed by atoms with van der Waals surface area (Å²) >= 11 is 0. The first-order valence-corrected chi connectivity index (χ1v) is 10.2. The predicted molar refractivity (Wildman–Crippen MR) is 115 cm³/mol. The fourth-order valence-electron chi connectivity index (χ4n) is 4.05. The molecule has 1 aromatic heterocycles. The van der Waals surface area contributed by atoms with Crippen LogP contribution in [0, 0.1) is 12.7 Å². The Kier molecular flexibility index (Phi) is 5.79. The number of hydrogen-bond acceptors (Lipinski definition) is 3. The predicted octanol–water partition coefficient (Wildman–Crippen LogP) is 5.22. The summed E-state index contributed by atoms with van der Waals surface area (Å²) in [5, 5.41) is 0. The second-order valence-electron chi connectivity index (χ2n) is 7.75. The number of halogens is 1. The van der Waals surface area contributed by atoms with Gasteiger partial charge in [0.2, 0.25) is 0 Å². The standard InChI is InChI=1S/C25H25FN2O2/c1-17-13-21(18-8-10-22(26)11-9-18)15-24(27-17)20-6-4-12-28(16-20)25(29)19-5-3-7-23(14-19)30-2/h3,5,7-11,13-15,20H,4,6,12,16H2,1-2H3. The minimum atomic E-state index is -0.247. The first-order chi connectivity index (χ1) is 14.5. The normalized spacial score (nSPS) is 16.4.